The highest BCUT2D eigenvalue weighted by Gasteiger charge is 2.32. The van der Waals surface area contributed by atoms with E-state index in [9.17, 15) is 14.3 Å². The molecule has 9 heteroatoms. The molecule has 3 atom stereocenters. The number of nitrogens with one attached hydrogen (secondary N) is 1. The number of carbonyl (C=O) groups excluding carboxylic acids is 1. The monoisotopic (exact) mass is 579 g/mol. The third-order valence-electron chi connectivity index (χ3n) is 6.88. The SMILES string of the molecule is CCCCCCCCCCCC(=O)NC(OP(=O)(O)OCC[N+](C)(C)C)C(C)OCCCCCCCCCC. The lowest BCUT2D eigenvalue weighted by Gasteiger charge is -2.28. The quantitative estimate of drug-likeness (QED) is 0.0426. The van der Waals surface area contributed by atoms with Crippen LogP contribution in [0.2, 0.25) is 0 Å². The Morgan fingerprint density at radius 2 is 1.23 bits per heavy atom. The number of phosphoric ester groups is 1. The fraction of sp³-hybridized carbons (Fsp3) is 0.967. The molecule has 0 aliphatic rings. The molecule has 234 valence electrons. The average molecular weight is 580 g/mol. The van der Waals surface area contributed by atoms with Crippen LogP contribution in [0.1, 0.15) is 136 Å². The Hall–Kier alpha value is -0.500. The Balaban J connectivity index is 4.59. The van der Waals surface area contributed by atoms with Crippen molar-refractivity contribution in [2.75, 3.05) is 40.9 Å². The smallest absolute Gasteiger partial charge is 0.374 e. The molecule has 0 saturated carbocycles. The summed E-state index contributed by atoms with van der Waals surface area (Å²) in [6.07, 6.45) is 18.9. The van der Waals surface area contributed by atoms with Crippen molar-refractivity contribution in [1.29, 1.82) is 0 Å². The molecule has 0 aromatic carbocycles. The van der Waals surface area contributed by atoms with Gasteiger partial charge in [-0.25, -0.2) is 4.57 Å². The van der Waals surface area contributed by atoms with Crippen LogP contribution >= 0.6 is 7.82 Å². The molecule has 1 amide bonds. The van der Waals surface area contributed by atoms with E-state index in [0.717, 1.165) is 32.1 Å². The van der Waals surface area contributed by atoms with E-state index in [1.165, 1.54) is 77.0 Å². The molecule has 0 saturated heterocycles. The second-order valence-electron chi connectivity index (χ2n) is 12.0. The minimum Gasteiger partial charge on any atom is -0.374 e. The van der Waals surface area contributed by atoms with Crippen LogP contribution in [0.4, 0.5) is 0 Å². The van der Waals surface area contributed by atoms with Crippen LogP contribution in [0, 0.1) is 0 Å². The molecule has 0 aromatic heterocycles. The van der Waals surface area contributed by atoms with Crippen molar-refractivity contribution in [3.05, 3.63) is 0 Å². The minimum absolute atomic E-state index is 0.0733. The number of unbranched alkanes of at least 4 members (excludes halogenated alkanes) is 15. The molecule has 0 heterocycles. The van der Waals surface area contributed by atoms with E-state index < -0.39 is 20.2 Å². The molecule has 0 rings (SSSR count). The molecule has 8 nitrogen and oxygen atoms in total. The fourth-order valence-corrected chi connectivity index (χ4v) is 5.14. The zero-order chi connectivity index (χ0) is 29.4. The highest BCUT2D eigenvalue weighted by molar-refractivity contribution is 7.47. The predicted octanol–water partition coefficient (Wildman–Crippen LogP) is 7.74. The maximum absolute atomic E-state index is 12.7. The molecule has 0 aliphatic heterocycles. The summed E-state index contributed by atoms with van der Waals surface area (Å²) in [6.45, 7) is 7.35. The Morgan fingerprint density at radius 3 is 1.72 bits per heavy atom. The first kappa shape index (κ1) is 38.5. The number of amides is 1. The fourth-order valence-electron chi connectivity index (χ4n) is 4.25. The van der Waals surface area contributed by atoms with Gasteiger partial charge in [-0.1, -0.05) is 110 Å². The molecule has 39 heavy (non-hydrogen) atoms. The first-order valence-electron chi connectivity index (χ1n) is 15.9. The zero-order valence-electron chi connectivity index (χ0n) is 26.4. The number of likely N-dealkylation sites (N-methyl/N-ethyl adjacent to an activating group) is 1. The summed E-state index contributed by atoms with van der Waals surface area (Å²) in [5, 5.41) is 2.78. The van der Waals surface area contributed by atoms with Gasteiger partial charge in [-0.15, -0.1) is 0 Å². The molecule has 3 unspecified atom stereocenters. The third-order valence-corrected chi connectivity index (χ3v) is 7.88. The summed E-state index contributed by atoms with van der Waals surface area (Å²) < 4.78 is 29.8. The summed E-state index contributed by atoms with van der Waals surface area (Å²) in [5.41, 5.74) is 0. The largest absolute Gasteiger partial charge is 0.474 e. The number of hydrogen-bond donors (Lipinski definition) is 2. The highest BCUT2D eigenvalue weighted by atomic mass is 31.2. The summed E-state index contributed by atoms with van der Waals surface area (Å²) in [6, 6.07) is 0. The van der Waals surface area contributed by atoms with Crippen molar-refractivity contribution in [3.63, 3.8) is 0 Å². The number of carbonyl (C=O) groups is 1. The summed E-state index contributed by atoms with van der Waals surface area (Å²) in [4.78, 5) is 23.0. The second-order valence-corrected chi connectivity index (χ2v) is 13.4. The number of phosphoric acid groups is 1. The van der Waals surface area contributed by atoms with Crippen molar-refractivity contribution >= 4 is 13.7 Å². The first-order valence-corrected chi connectivity index (χ1v) is 17.4. The van der Waals surface area contributed by atoms with E-state index in [1.54, 1.807) is 6.92 Å². The maximum atomic E-state index is 12.7. The summed E-state index contributed by atoms with van der Waals surface area (Å²) >= 11 is 0. The topological polar surface area (TPSA) is 94.1 Å². The van der Waals surface area contributed by atoms with Gasteiger partial charge < -0.3 is 19.4 Å². The van der Waals surface area contributed by atoms with Crippen LogP contribution in [-0.2, 0) is 23.1 Å². The molecule has 0 spiro atoms. The number of quaternary nitrogens is 1. The summed E-state index contributed by atoms with van der Waals surface area (Å²) in [7, 11) is 1.56. The Labute approximate surface area is 241 Å². The standard InChI is InChI=1S/C30H63N2O6P/c1-7-9-11-13-15-17-18-20-22-24-29(33)31-30(38-39(34,35)37-27-25-32(4,5)6)28(3)36-26-23-21-19-16-14-12-10-8-2/h28,30H,7-27H2,1-6H3,(H-,31,33,34,35)/p+1. The number of nitrogens with zero attached hydrogens (tertiary/aromatic N) is 1. The van der Waals surface area contributed by atoms with Crippen molar-refractivity contribution in [3.8, 4) is 0 Å². The van der Waals surface area contributed by atoms with Gasteiger partial charge in [-0.2, -0.15) is 0 Å². The van der Waals surface area contributed by atoms with Crippen LogP contribution in [0.25, 0.3) is 0 Å². The van der Waals surface area contributed by atoms with E-state index in [-0.39, 0.29) is 12.5 Å². The van der Waals surface area contributed by atoms with Gasteiger partial charge in [0.15, 0.2) is 6.23 Å². The van der Waals surface area contributed by atoms with Gasteiger partial charge in [0.05, 0.1) is 27.2 Å². The van der Waals surface area contributed by atoms with Gasteiger partial charge in [-0.3, -0.25) is 13.8 Å². The molecule has 2 N–H and O–H groups in total. The number of hydrogen-bond acceptors (Lipinski definition) is 5. The molecule has 0 aromatic rings. The Kier molecular flexibility index (Phi) is 23.8. The molecule has 0 fully saturated rings. The van der Waals surface area contributed by atoms with Crippen LogP contribution in [0.5, 0.6) is 0 Å². The van der Waals surface area contributed by atoms with E-state index in [4.69, 9.17) is 13.8 Å². The van der Waals surface area contributed by atoms with Crippen LogP contribution in [-0.4, -0.2) is 68.5 Å². The molecule has 0 bridgehead atoms. The zero-order valence-corrected chi connectivity index (χ0v) is 27.3. The Bertz CT molecular complexity index is 629. The first-order chi connectivity index (χ1) is 18.5. The van der Waals surface area contributed by atoms with Gasteiger partial charge in [0.25, 0.3) is 0 Å². The van der Waals surface area contributed by atoms with Crippen molar-refractivity contribution < 1.29 is 32.5 Å². The highest BCUT2D eigenvalue weighted by Crippen LogP contribution is 2.44. The molecular formula is C30H64N2O6P+. The molecule has 0 radical (unpaired) electrons. The lowest BCUT2D eigenvalue weighted by Crippen LogP contribution is -2.45. The van der Waals surface area contributed by atoms with Gasteiger partial charge in [-0.05, 0) is 19.8 Å². The molecular weight excluding hydrogens is 515 g/mol. The predicted molar refractivity (Wildman–Crippen MR) is 162 cm³/mol. The van der Waals surface area contributed by atoms with Gasteiger partial charge in [0.1, 0.15) is 13.2 Å². The van der Waals surface area contributed by atoms with Crippen molar-refractivity contribution in [1.82, 2.24) is 5.32 Å². The van der Waals surface area contributed by atoms with Crippen LogP contribution in [0.3, 0.4) is 0 Å². The number of ether oxygens (including phenoxy) is 1. The lowest BCUT2D eigenvalue weighted by atomic mass is 10.1. The van der Waals surface area contributed by atoms with Gasteiger partial charge in [0, 0.05) is 13.0 Å². The molecule has 0 aliphatic carbocycles. The maximum Gasteiger partial charge on any atom is 0.474 e. The average Bonchev–Trinajstić information content (AvgIpc) is 2.85. The van der Waals surface area contributed by atoms with Gasteiger partial charge >= 0.3 is 7.82 Å². The van der Waals surface area contributed by atoms with Crippen molar-refractivity contribution in [2.45, 2.75) is 149 Å². The third kappa shape index (κ3) is 26.2. The summed E-state index contributed by atoms with van der Waals surface area (Å²) in [5.74, 6) is -0.197. The van der Waals surface area contributed by atoms with E-state index >= 15 is 0 Å². The van der Waals surface area contributed by atoms with E-state index in [1.807, 2.05) is 21.1 Å². The van der Waals surface area contributed by atoms with Crippen LogP contribution in [0.15, 0.2) is 0 Å². The van der Waals surface area contributed by atoms with E-state index in [0.29, 0.717) is 24.1 Å². The lowest BCUT2D eigenvalue weighted by molar-refractivity contribution is -0.870. The van der Waals surface area contributed by atoms with Crippen molar-refractivity contribution in [2.24, 2.45) is 0 Å². The van der Waals surface area contributed by atoms with E-state index in [2.05, 4.69) is 19.2 Å². The number of rotatable bonds is 28. The normalized spacial score (nSPS) is 15.2. The van der Waals surface area contributed by atoms with Crippen LogP contribution < -0.4 is 5.32 Å². The minimum atomic E-state index is -4.37. The van der Waals surface area contributed by atoms with Gasteiger partial charge in [0.2, 0.25) is 5.91 Å². The Morgan fingerprint density at radius 1 is 0.769 bits per heavy atom. The second kappa shape index (κ2) is 24.1.